The van der Waals surface area contributed by atoms with Crippen LogP contribution in [0.5, 0.6) is 0 Å². The molecule has 2 rings (SSSR count). The van der Waals surface area contributed by atoms with Crippen LogP contribution >= 0.6 is 0 Å². The maximum atomic E-state index is 11.6. The number of hydrogen-bond donors (Lipinski definition) is 0. The normalized spacial score (nSPS) is 15.7. The fourth-order valence-electron chi connectivity index (χ4n) is 3.13. The van der Waals surface area contributed by atoms with Crippen LogP contribution < -0.4 is 4.90 Å². The number of carbonyl (C=O) groups excluding carboxylic acids is 1. The SMILES string of the molecule is CCCCN(CCCN1CCN(c2ccccc2)CC1)C(C)=O. The van der Waals surface area contributed by atoms with E-state index in [0.29, 0.717) is 0 Å². The van der Waals surface area contributed by atoms with E-state index in [4.69, 9.17) is 0 Å². The minimum Gasteiger partial charge on any atom is -0.369 e. The van der Waals surface area contributed by atoms with Crippen molar-refractivity contribution in [3.63, 3.8) is 0 Å². The Balaban J connectivity index is 1.67. The van der Waals surface area contributed by atoms with Crippen LogP contribution in [0.3, 0.4) is 0 Å². The quantitative estimate of drug-likeness (QED) is 0.738. The Labute approximate surface area is 141 Å². The molecule has 1 aliphatic rings. The summed E-state index contributed by atoms with van der Waals surface area (Å²) in [6, 6.07) is 10.7. The van der Waals surface area contributed by atoms with Gasteiger partial charge in [-0.15, -0.1) is 0 Å². The second-order valence-electron chi connectivity index (χ2n) is 6.38. The summed E-state index contributed by atoms with van der Waals surface area (Å²) in [7, 11) is 0. The molecule has 4 nitrogen and oxygen atoms in total. The molecule has 0 aromatic heterocycles. The average Bonchev–Trinajstić information content (AvgIpc) is 2.59. The van der Waals surface area contributed by atoms with Gasteiger partial charge in [0.1, 0.15) is 0 Å². The molecule has 4 heteroatoms. The third-order valence-corrected chi connectivity index (χ3v) is 4.62. The molecule has 0 saturated carbocycles. The van der Waals surface area contributed by atoms with Gasteiger partial charge in [-0.25, -0.2) is 0 Å². The summed E-state index contributed by atoms with van der Waals surface area (Å²) < 4.78 is 0. The van der Waals surface area contributed by atoms with E-state index >= 15 is 0 Å². The maximum Gasteiger partial charge on any atom is 0.219 e. The minimum absolute atomic E-state index is 0.215. The lowest BCUT2D eigenvalue weighted by molar-refractivity contribution is -0.129. The summed E-state index contributed by atoms with van der Waals surface area (Å²) in [5, 5.41) is 0. The number of piperazine rings is 1. The van der Waals surface area contributed by atoms with Gasteiger partial charge in [-0.2, -0.15) is 0 Å². The molecule has 0 N–H and O–H groups in total. The topological polar surface area (TPSA) is 26.8 Å². The predicted octanol–water partition coefficient (Wildman–Crippen LogP) is 2.85. The van der Waals surface area contributed by atoms with Crippen LogP contribution in [0.4, 0.5) is 5.69 Å². The smallest absolute Gasteiger partial charge is 0.219 e. The third-order valence-electron chi connectivity index (χ3n) is 4.62. The largest absolute Gasteiger partial charge is 0.369 e. The van der Waals surface area contributed by atoms with Crippen molar-refractivity contribution in [2.75, 3.05) is 50.7 Å². The highest BCUT2D eigenvalue weighted by Crippen LogP contribution is 2.15. The molecule has 0 radical (unpaired) electrons. The third kappa shape index (κ3) is 5.87. The lowest BCUT2D eigenvalue weighted by Gasteiger charge is -2.36. The lowest BCUT2D eigenvalue weighted by Crippen LogP contribution is -2.47. The first kappa shape index (κ1) is 17.8. The van der Waals surface area contributed by atoms with E-state index in [1.165, 1.54) is 5.69 Å². The number of amides is 1. The number of anilines is 1. The van der Waals surface area contributed by atoms with Crippen LogP contribution in [0.15, 0.2) is 30.3 Å². The van der Waals surface area contributed by atoms with Crippen molar-refractivity contribution in [3.8, 4) is 0 Å². The second-order valence-corrected chi connectivity index (χ2v) is 6.38. The summed E-state index contributed by atoms with van der Waals surface area (Å²) >= 11 is 0. The van der Waals surface area contributed by atoms with Gasteiger partial charge in [0.2, 0.25) is 5.91 Å². The summed E-state index contributed by atoms with van der Waals surface area (Å²) in [4.78, 5) is 18.6. The molecule has 0 aliphatic carbocycles. The number of para-hydroxylation sites is 1. The summed E-state index contributed by atoms with van der Waals surface area (Å²) in [6.45, 7) is 11.2. The molecule has 0 bridgehead atoms. The molecule has 1 saturated heterocycles. The van der Waals surface area contributed by atoms with Crippen molar-refractivity contribution >= 4 is 11.6 Å². The van der Waals surface area contributed by atoms with Crippen LogP contribution in [-0.2, 0) is 4.79 Å². The first-order chi connectivity index (χ1) is 11.2. The van der Waals surface area contributed by atoms with Gasteiger partial charge in [0, 0.05) is 51.9 Å². The van der Waals surface area contributed by atoms with E-state index in [1.807, 2.05) is 4.90 Å². The van der Waals surface area contributed by atoms with Crippen molar-refractivity contribution in [2.45, 2.75) is 33.1 Å². The molecular formula is C19H31N3O. The Morgan fingerprint density at radius 2 is 1.70 bits per heavy atom. The Kier molecular flexibility index (Phi) is 7.40. The zero-order valence-electron chi connectivity index (χ0n) is 14.7. The predicted molar refractivity (Wildman–Crippen MR) is 96.9 cm³/mol. The average molecular weight is 317 g/mol. The Bertz CT molecular complexity index is 455. The Morgan fingerprint density at radius 1 is 1.04 bits per heavy atom. The van der Waals surface area contributed by atoms with Crippen LogP contribution in [0.25, 0.3) is 0 Å². The molecule has 0 atom stereocenters. The van der Waals surface area contributed by atoms with Gasteiger partial charge in [-0.1, -0.05) is 31.5 Å². The summed E-state index contributed by atoms with van der Waals surface area (Å²) in [5.41, 5.74) is 1.33. The highest BCUT2D eigenvalue weighted by atomic mass is 16.2. The minimum atomic E-state index is 0.215. The maximum absolute atomic E-state index is 11.6. The molecular weight excluding hydrogens is 286 g/mol. The first-order valence-electron chi connectivity index (χ1n) is 8.98. The Morgan fingerprint density at radius 3 is 2.30 bits per heavy atom. The van der Waals surface area contributed by atoms with Gasteiger partial charge in [-0.05, 0) is 31.5 Å². The molecule has 1 aromatic carbocycles. The molecule has 0 unspecified atom stereocenters. The standard InChI is InChI=1S/C19H31N3O/c1-3-4-12-21(18(2)23)13-8-11-20-14-16-22(17-15-20)19-9-6-5-7-10-19/h5-7,9-10H,3-4,8,11-17H2,1-2H3. The van der Waals surface area contributed by atoms with E-state index in [-0.39, 0.29) is 5.91 Å². The first-order valence-corrected chi connectivity index (χ1v) is 8.98. The van der Waals surface area contributed by atoms with E-state index in [1.54, 1.807) is 6.92 Å². The van der Waals surface area contributed by atoms with Gasteiger partial charge >= 0.3 is 0 Å². The van der Waals surface area contributed by atoms with Gasteiger partial charge in [0.15, 0.2) is 0 Å². The molecule has 0 spiro atoms. The molecule has 23 heavy (non-hydrogen) atoms. The zero-order valence-corrected chi connectivity index (χ0v) is 14.7. The molecule has 1 fully saturated rings. The highest BCUT2D eigenvalue weighted by Gasteiger charge is 2.17. The van der Waals surface area contributed by atoms with Crippen molar-refractivity contribution in [1.82, 2.24) is 9.80 Å². The second kappa shape index (κ2) is 9.56. The number of carbonyl (C=O) groups is 1. The number of nitrogens with zero attached hydrogens (tertiary/aromatic N) is 3. The van der Waals surface area contributed by atoms with Crippen LogP contribution in [0.2, 0.25) is 0 Å². The number of rotatable bonds is 8. The Hall–Kier alpha value is -1.55. The fourth-order valence-corrected chi connectivity index (χ4v) is 3.13. The molecule has 1 amide bonds. The number of hydrogen-bond acceptors (Lipinski definition) is 3. The molecule has 128 valence electrons. The van der Waals surface area contributed by atoms with Crippen molar-refractivity contribution in [3.05, 3.63) is 30.3 Å². The van der Waals surface area contributed by atoms with Gasteiger partial charge in [0.05, 0.1) is 0 Å². The van der Waals surface area contributed by atoms with Crippen molar-refractivity contribution in [1.29, 1.82) is 0 Å². The van der Waals surface area contributed by atoms with E-state index in [9.17, 15) is 4.79 Å². The zero-order chi connectivity index (χ0) is 16.5. The molecule has 1 aliphatic heterocycles. The molecule has 1 aromatic rings. The fraction of sp³-hybridized carbons (Fsp3) is 0.632. The van der Waals surface area contributed by atoms with Crippen LogP contribution in [0.1, 0.15) is 33.1 Å². The van der Waals surface area contributed by atoms with Gasteiger partial charge in [-0.3, -0.25) is 9.69 Å². The number of unbranched alkanes of at least 4 members (excludes halogenated alkanes) is 1. The van der Waals surface area contributed by atoms with E-state index in [0.717, 1.165) is 65.1 Å². The van der Waals surface area contributed by atoms with E-state index < -0.39 is 0 Å². The summed E-state index contributed by atoms with van der Waals surface area (Å²) in [5.74, 6) is 0.215. The van der Waals surface area contributed by atoms with E-state index in [2.05, 4.69) is 47.1 Å². The molecule has 1 heterocycles. The highest BCUT2D eigenvalue weighted by molar-refractivity contribution is 5.73. The van der Waals surface area contributed by atoms with Gasteiger partial charge < -0.3 is 9.80 Å². The van der Waals surface area contributed by atoms with Crippen LogP contribution in [-0.4, -0.2) is 61.5 Å². The monoisotopic (exact) mass is 317 g/mol. The summed E-state index contributed by atoms with van der Waals surface area (Å²) in [6.07, 6.45) is 3.33. The van der Waals surface area contributed by atoms with Gasteiger partial charge in [0.25, 0.3) is 0 Å². The lowest BCUT2D eigenvalue weighted by atomic mass is 10.2. The van der Waals surface area contributed by atoms with Crippen molar-refractivity contribution in [2.24, 2.45) is 0 Å². The van der Waals surface area contributed by atoms with Crippen LogP contribution in [0, 0.1) is 0 Å². The van der Waals surface area contributed by atoms with Crippen molar-refractivity contribution < 1.29 is 4.79 Å². The number of benzene rings is 1.